The summed E-state index contributed by atoms with van der Waals surface area (Å²) in [5.74, 6) is -0.0603. The standard InChI is InChI=1S/C25H32ClNO6/c1-13(2)32-9-5-8-27-22(15-6-7-18(28)20(11-15)31-4)21-23(29)16-12-17(26)14(3)10-19(16)33-24(21)25(27)30/h6-7,11,13-14,16-17,19,22,28H,5,8-10,12H2,1-4H3. The zero-order valence-corrected chi connectivity index (χ0v) is 20.3. The minimum absolute atomic E-state index is 0.00538. The summed E-state index contributed by atoms with van der Waals surface area (Å²) >= 11 is 6.51. The van der Waals surface area contributed by atoms with Crippen LogP contribution in [0.25, 0.3) is 0 Å². The molecular weight excluding hydrogens is 446 g/mol. The van der Waals surface area contributed by atoms with Crippen LogP contribution >= 0.6 is 11.6 Å². The fraction of sp³-hybridized carbons (Fsp3) is 0.600. The average Bonchev–Trinajstić information content (AvgIpc) is 3.05. The number of amides is 1. The molecule has 3 aliphatic rings. The van der Waals surface area contributed by atoms with Gasteiger partial charge < -0.3 is 24.2 Å². The maximum absolute atomic E-state index is 13.7. The number of hydrogen-bond donors (Lipinski definition) is 1. The fourth-order valence-corrected chi connectivity index (χ4v) is 5.36. The highest BCUT2D eigenvalue weighted by atomic mass is 35.5. The number of rotatable bonds is 7. The molecule has 1 N–H and O–H groups in total. The summed E-state index contributed by atoms with van der Waals surface area (Å²) in [4.78, 5) is 28.9. The van der Waals surface area contributed by atoms with Gasteiger partial charge in [-0.3, -0.25) is 9.59 Å². The molecule has 0 saturated heterocycles. The van der Waals surface area contributed by atoms with E-state index in [0.29, 0.717) is 43.6 Å². The van der Waals surface area contributed by atoms with Gasteiger partial charge in [0.1, 0.15) is 6.10 Å². The lowest BCUT2D eigenvalue weighted by Crippen LogP contribution is -2.44. The number of fused-ring (bicyclic) bond motifs is 1. The van der Waals surface area contributed by atoms with Crippen LogP contribution in [0.3, 0.4) is 0 Å². The normalized spacial score (nSPS) is 29.3. The van der Waals surface area contributed by atoms with Gasteiger partial charge in [0, 0.05) is 18.5 Å². The molecule has 5 atom stereocenters. The van der Waals surface area contributed by atoms with E-state index in [1.165, 1.54) is 13.2 Å². The van der Waals surface area contributed by atoms with Gasteiger partial charge in [-0.05, 0) is 56.7 Å². The molecule has 0 aromatic heterocycles. The molecule has 1 saturated carbocycles. The Labute approximate surface area is 199 Å². The van der Waals surface area contributed by atoms with Crippen LogP contribution in [0, 0.1) is 11.8 Å². The molecule has 33 heavy (non-hydrogen) atoms. The van der Waals surface area contributed by atoms with E-state index in [4.69, 9.17) is 25.8 Å². The number of ketones is 1. The maximum atomic E-state index is 13.7. The van der Waals surface area contributed by atoms with E-state index >= 15 is 0 Å². The molecule has 1 aliphatic carbocycles. The number of aromatic hydroxyl groups is 1. The molecule has 180 valence electrons. The molecule has 1 fully saturated rings. The van der Waals surface area contributed by atoms with E-state index in [9.17, 15) is 14.7 Å². The largest absolute Gasteiger partial charge is 0.504 e. The van der Waals surface area contributed by atoms with Crippen molar-refractivity contribution in [1.29, 1.82) is 0 Å². The fourth-order valence-electron chi connectivity index (χ4n) is 5.06. The number of methoxy groups -OCH3 is 1. The predicted molar refractivity (Wildman–Crippen MR) is 123 cm³/mol. The zero-order valence-electron chi connectivity index (χ0n) is 19.5. The smallest absolute Gasteiger partial charge is 0.290 e. The molecular formula is C25H32ClNO6. The van der Waals surface area contributed by atoms with Crippen LogP contribution in [0.5, 0.6) is 11.5 Å². The average molecular weight is 478 g/mol. The monoisotopic (exact) mass is 477 g/mol. The highest BCUT2D eigenvalue weighted by Crippen LogP contribution is 2.49. The van der Waals surface area contributed by atoms with Crippen LogP contribution < -0.4 is 4.74 Å². The van der Waals surface area contributed by atoms with Crippen LogP contribution in [-0.2, 0) is 19.1 Å². The van der Waals surface area contributed by atoms with Gasteiger partial charge in [-0.2, -0.15) is 0 Å². The van der Waals surface area contributed by atoms with Gasteiger partial charge in [0.2, 0.25) is 0 Å². The SMILES string of the molecule is COc1cc(C2C3=C(OC4CC(C)C(Cl)CC4C3=O)C(=O)N2CCCOC(C)C)ccc1O. The lowest BCUT2D eigenvalue weighted by molar-refractivity contribution is -0.136. The van der Waals surface area contributed by atoms with Crippen molar-refractivity contribution < 1.29 is 28.9 Å². The van der Waals surface area contributed by atoms with Crippen LogP contribution in [0.2, 0.25) is 0 Å². The molecule has 8 heteroatoms. The van der Waals surface area contributed by atoms with Crippen LogP contribution in [0.15, 0.2) is 29.5 Å². The molecule has 0 bridgehead atoms. The highest BCUT2D eigenvalue weighted by Gasteiger charge is 2.53. The van der Waals surface area contributed by atoms with Crippen molar-refractivity contribution >= 4 is 23.3 Å². The number of phenols is 1. The van der Waals surface area contributed by atoms with Crippen molar-refractivity contribution in [1.82, 2.24) is 4.90 Å². The van der Waals surface area contributed by atoms with Gasteiger partial charge in [-0.15, -0.1) is 11.6 Å². The van der Waals surface area contributed by atoms with E-state index in [1.807, 2.05) is 13.8 Å². The predicted octanol–water partition coefficient (Wildman–Crippen LogP) is 3.97. The number of alkyl halides is 1. The van der Waals surface area contributed by atoms with Crippen LogP contribution in [-0.4, -0.2) is 59.5 Å². The molecule has 1 aromatic carbocycles. The quantitative estimate of drug-likeness (QED) is 0.472. The van der Waals surface area contributed by atoms with Crippen molar-refractivity contribution in [2.24, 2.45) is 11.8 Å². The second-order valence-corrected chi connectivity index (χ2v) is 10.0. The molecule has 2 heterocycles. The van der Waals surface area contributed by atoms with Gasteiger partial charge in [-0.25, -0.2) is 0 Å². The number of hydrogen-bond acceptors (Lipinski definition) is 6. The molecule has 4 rings (SSSR count). The summed E-state index contributed by atoms with van der Waals surface area (Å²) in [6.45, 7) is 6.89. The number of ether oxygens (including phenoxy) is 3. The Kier molecular flexibility index (Phi) is 6.91. The van der Waals surface area contributed by atoms with Gasteiger partial charge in [0.15, 0.2) is 23.0 Å². The van der Waals surface area contributed by atoms with Crippen LogP contribution in [0.1, 0.15) is 51.6 Å². The summed E-state index contributed by atoms with van der Waals surface area (Å²) in [5.41, 5.74) is 1.08. The van der Waals surface area contributed by atoms with Crippen molar-refractivity contribution in [2.45, 2.75) is 63.7 Å². The highest BCUT2D eigenvalue weighted by molar-refractivity contribution is 6.21. The van der Waals surface area contributed by atoms with E-state index in [1.54, 1.807) is 17.0 Å². The molecule has 1 aromatic rings. The van der Waals surface area contributed by atoms with E-state index in [0.717, 1.165) is 0 Å². The number of Topliss-reactive ketones (excluding diaryl/α,β-unsaturated/α-hetero) is 1. The Morgan fingerprint density at radius 1 is 1.27 bits per heavy atom. The number of phenolic OH excluding ortho intramolecular Hbond substituents is 1. The maximum Gasteiger partial charge on any atom is 0.290 e. The number of halogens is 1. The Hall–Kier alpha value is -2.25. The third-order valence-electron chi connectivity index (χ3n) is 6.82. The lowest BCUT2D eigenvalue weighted by atomic mass is 9.74. The van der Waals surface area contributed by atoms with Crippen molar-refractivity contribution in [3.05, 3.63) is 35.1 Å². The second-order valence-electron chi connectivity index (χ2n) is 9.44. The lowest BCUT2D eigenvalue weighted by Gasteiger charge is -2.40. The molecule has 7 nitrogen and oxygen atoms in total. The Morgan fingerprint density at radius 2 is 2.03 bits per heavy atom. The molecule has 5 unspecified atom stereocenters. The van der Waals surface area contributed by atoms with Gasteiger partial charge in [0.05, 0.1) is 30.7 Å². The Balaban J connectivity index is 1.70. The van der Waals surface area contributed by atoms with Crippen LogP contribution in [0.4, 0.5) is 0 Å². The first kappa shape index (κ1) is 23.9. The topological polar surface area (TPSA) is 85.3 Å². The molecule has 2 aliphatic heterocycles. The summed E-state index contributed by atoms with van der Waals surface area (Å²) in [6, 6.07) is 4.30. The second kappa shape index (κ2) is 9.55. The number of carbonyl (C=O) groups excluding carboxylic acids is 2. The van der Waals surface area contributed by atoms with Crippen molar-refractivity contribution in [2.75, 3.05) is 20.3 Å². The summed E-state index contributed by atoms with van der Waals surface area (Å²) in [5, 5.41) is 9.97. The minimum atomic E-state index is -0.609. The first-order valence-electron chi connectivity index (χ1n) is 11.6. The molecule has 1 amide bonds. The summed E-state index contributed by atoms with van der Waals surface area (Å²) in [7, 11) is 1.47. The van der Waals surface area contributed by atoms with E-state index in [-0.39, 0.29) is 58.4 Å². The van der Waals surface area contributed by atoms with Gasteiger partial charge in [0.25, 0.3) is 5.91 Å². The zero-order chi connectivity index (χ0) is 23.9. The first-order valence-corrected chi connectivity index (χ1v) is 12.0. The van der Waals surface area contributed by atoms with Gasteiger partial charge >= 0.3 is 0 Å². The summed E-state index contributed by atoms with van der Waals surface area (Å²) < 4.78 is 17.2. The van der Waals surface area contributed by atoms with E-state index in [2.05, 4.69) is 6.92 Å². The third-order valence-corrected chi connectivity index (χ3v) is 7.43. The first-order chi connectivity index (χ1) is 15.7. The van der Waals surface area contributed by atoms with Crippen molar-refractivity contribution in [3.63, 3.8) is 0 Å². The van der Waals surface area contributed by atoms with Crippen molar-refractivity contribution in [3.8, 4) is 11.5 Å². The Bertz CT molecular complexity index is 960. The number of benzene rings is 1. The molecule has 0 spiro atoms. The van der Waals surface area contributed by atoms with E-state index < -0.39 is 6.04 Å². The number of carbonyl (C=O) groups is 2. The van der Waals surface area contributed by atoms with Gasteiger partial charge in [-0.1, -0.05) is 13.0 Å². The number of nitrogens with zero attached hydrogens (tertiary/aromatic N) is 1. The molecule has 0 radical (unpaired) electrons. The summed E-state index contributed by atoms with van der Waals surface area (Å²) in [6.07, 6.45) is 1.57. The Morgan fingerprint density at radius 3 is 2.73 bits per heavy atom. The third kappa shape index (κ3) is 4.45. The minimum Gasteiger partial charge on any atom is -0.504 e.